The van der Waals surface area contributed by atoms with Crippen LogP contribution in [-0.4, -0.2) is 22.2 Å². The van der Waals surface area contributed by atoms with Crippen LogP contribution in [0.25, 0.3) is 0 Å². The molecule has 0 aliphatic heterocycles. The number of nitriles is 1. The fourth-order valence-electron chi connectivity index (χ4n) is 1.47. The van der Waals surface area contributed by atoms with Crippen molar-refractivity contribution in [3.8, 4) is 6.07 Å². The van der Waals surface area contributed by atoms with Crippen LogP contribution in [0.5, 0.6) is 0 Å². The molecular formula is C11H15N3O2. The lowest BCUT2D eigenvalue weighted by Gasteiger charge is -2.03. The second-order valence-electron chi connectivity index (χ2n) is 3.63. The van der Waals surface area contributed by atoms with Crippen LogP contribution in [0.4, 0.5) is 0 Å². The van der Waals surface area contributed by atoms with Crippen molar-refractivity contribution in [2.45, 2.75) is 19.9 Å². The zero-order valence-electron chi connectivity index (χ0n) is 9.45. The van der Waals surface area contributed by atoms with Crippen LogP contribution in [0.15, 0.2) is 6.07 Å². The lowest BCUT2D eigenvalue weighted by Crippen LogP contribution is -2.17. The Bertz CT molecular complexity index is 429. The van der Waals surface area contributed by atoms with E-state index in [2.05, 4.69) is 11.4 Å². The van der Waals surface area contributed by atoms with E-state index in [1.165, 1.54) is 0 Å². The molecule has 16 heavy (non-hydrogen) atoms. The average Bonchev–Trinajstić information content (AvgIpc) is 2.51. The highest BCUT2D eigenvalue weighted by Crippen LogP contribution is 2.12. The molecule has 0 aliphatic rings. The standard InChI is InChI=1S/C11H15N3O2/c1-8-9(5-10(6-12)14(8)2)7-13-4-3-11(15)16/h5,13H,3-4,7H2,1-2H3,(H,15,16). The van der Waals surface area contributed by atoms with Gasteiger partial charge in [0.05, 0.1) is 6.42 Å². The molecule has 5 nitrogen and oxygen atoms in total. The van der Waals surface area contributed by atoms with Gasteiger partial charge in [0, 0.05) is 25.8 Å². The smallest absolute Gasteiger partial charge is 0.304 e. The molecule has 0 saturated carbocycles. The highest BCUT2D eigenvalue weighted by atomic mass is 16.4. The first kappa shape index (κ1) is 12.3. The van der Waals surface area contributed by atoms with Gasteiger partial charge in [0.1, 0.15) is 11.8 Å². The molecule has 1 aromatic heterocycles. The maximum absolute atomic E-state index is 10.3. The zero-order chi connectivity index (χ0) is 12.1. The quantitative estimate of drug-likeness (QED) is 0.720. The first-order chi connectivity index (χ1) is 7.56. The van der Waals surface area contributed by atoms with E-state index < -0.39 is 5.97 Å². The molecule has 5 heteroatoms. The minimum atomic E-state index is -0.810. The van der Waals surface area contributed by atoms with Crippen LogP contribution < -0.4 is 5.32 Å². The number of carbonyl (C=O) groups is 1. The van der Waals surface area contributed by atoms with E-state index in [0.29, 0.717) is 18.8 Å². The fourth-order valence-corrected chi connectivity index (χ4v) is 1.47. The van der Waals surface area contributed by atoms with Crippen LogP contribution in [0, 0.1) is 18.3 Å². The summed E-state index contributed by atoms with van der Waals surface area (Å²) in [5.74, 6) is -0.810. The predicted octanol–water partition coefficient (Wildman–Crippen LogP) is 0.770. The van der Waals surface area contributed by atoms with E-state index in [4.69, 9.17) is 10.4 Å². The Hall–Kier alpha value is -1.80. The minimum Gasteiger partial charge on any atom is -0.481 e. The Morgan fingerprint density at radius 2 is 2.38 bits per heavy atom. The van der Waals surface area contributed by atoms with Crippen molar-refractivity contribution in [2.24, 2.45) is 7.05 Å². The fraction of sp³-hybridized carbons (Fsp3) is 0.455. The highest BCUT2D eigenvalue weighted by molar-refractivity contribution is 5.66. The number of rotatable bonds is 5. The van der Waals surface area contributed by atoms with Crippen molar-refractivity contribution < 1.29 is 9.90 Å². The molecular weight excluding hydrogens is 206 g/mol. The first-order valence-corrected chi connectivity index (χ1v) is 5.04. The molecule has 0 unspecified atom stereocenters. The second-order valence-corrected chi connectivity index (χ2v) is 3.63. The van der Waals surface area contributed by atoms with Gasteiger partial charge in [-0.25, -0.2) is 0 Å². The van der Waals surface area contributed by atoms with Crippen LogP contribution >= 0.6 is 0 Å². The Kier molecular flexibility index (Phi) is 4.09. The molecule has 0 spiro atoms. The molecule has 86 valence electrons. The van der Waals surface area contributed by atoms with Gasteiger partial charge in [0.15, 0.2) is 0 Å². The molecule has 0 amide bonds. The Morgan fingerprint density at radius 1 is 1.69 bits per heavy atom. The summed E-state index contributed by atoms with van der Waals surface area (Å²) >= 11 is 0. The van der Waals surface area contributed by atoms with Gasteiger partial charge in [-0.1, -0.05) is 0 Å². The molecule has 0 aliphatic carbocycles. The summed E-state index contributed by atoms with van der Waals surface area (Å²) in [6.45, 7) is 2.97. The van der Waals surface area contributed by atoms with Crippen molar-refractivity contribution in [2.75, 3.05) is 6.54 Å². The van der Waals surface area contributed by atoms with Gasteiger partial charge in [-0.2, -0.15) is 5.26 Å². The average molecular weight is 221 g/mol. The lowest BCUT2D eigenvalue weighted by atomic mass is 10.2. The van der Waals surface area contributed by atoms with E-state index in [1.54, 1.807) is 0 Å². The summed E-state index contributed by atoms with van der Waals surface area (Å²) in [7, 11) is 1.84. The monoisotopic (exact) mass is 221 g/mol. The summed E-state index contributed by atoms with van der Waals surface area (Å²) in [6, 6.07) is 3.93. The third-order valence-electron chi connectivity index (χ3n) is 2.59. The van der Waals surface area contributed by atoms with E-state index >= 15 is 0 Å². The summed E-state index contributed by atoms with van der Waals surface area (Å²) < 4.78 is 1.83. The van der Waals surface area contributed by atoms with E-state index in [-0.39, 0.29) is 6.42 Å². The van der Waals surface area contributed by atoms with Crippen molar-refractivity contribution in [3.05, 3.63) is 23.0 Å². The lowest BCUT2D eigenvalue weighted by molar-refractivity contribution is -0.136. The maximum Gasteiger partial charge on any atom is 0.304 e. The molecule has 2 N–H and O–H groups in total. The molecule has 0 saturated heterocycles. The minimum absolute atomic E-state index is 0.108. The van der Waals surface area contributed by atoms with Crippen molar-refractivity contribution >= 4 is 5.97 Å². The Morgan fingerprint density at radius 3 is 2.88 bits per heavy atom. The highest BCUT2D eigenvalue weighted by Gasteiger charge is 2.07. The largest absolute Gasteiger partial charge is 0.481 e. The van der Waals surface area contributed by atoms with Crippen LogP contribution in [0.2, 0.25) is 0 Å². The first-order valence-electron chi connectivity index (χ1n) is 5.04. The normalized spacial score (nSPS) is 10.1. The topological polar surface area (TPSA) is 78.1 Å². The second kappa shape index (κ2) is 5.33. The van der Waals surface area contributed by atoms with Gasteiger partial charge in [-0.05, 0) is 18.6 Å². The number of aromatic nitrogens is 1. The molecule has 1 aromatic rings. The van der Waals surface area contributed by atoms with Gasteiger partial charge in [-0.3, -0.25) is 4.79 Å². The van der Waals surface area contributed by atoms with Crippen molar-refractivity contribution in [1.29, 1.82) is 5.26 Å². The summed E-state index contributed by atoms with van der Waals surface area (Å²) in [5, 5.41) is 20.3. The van der Waals surface area contributed by atoms with Gasteiger partial charge in [0.2, 0.25) is 0 Å². The SMILES string of the molecule is Cc1c(CNCCC(=O)O)cc(C#N)n1C. The van der Waals surface area contributed by atoms with Crippen LogP contribution in [-0.2, 0) is 18.4 Å². The predicted molar refractivity (Wildman–Crippen MR) is 58.8 cm³/mol. The van der Waals surface area contributed by atoms with E-state index in [0.717, 1.165) is 11.3 Å². The summed E-state index contributed by atoms with van der Waals surface area (Å²) in [5.41, 5.74) is 2.68. The zero-order valence-corrected chi connectivity index (χ0v) is 9.45. The van der Waals surface area contributed by atoms with E-state index in [1.807, 2.05) is 24.6 Å². The van der Waals surface area contributed by atoms with Gasteiger partial charge in [-0.15, -0.1) is 0 Å². The molecule has 1 heterocycles. The summed E-state index contributed by atoms with van der Waals surface area (Å²) in [4.78, 5) is 10.3. The van der Waals surface area contributed by atoms with Crippen molar-refractivity contribution in [1.82, 2.24) is 9.88 Å². The number of aliphatic carboxylic acids is 1. The van der Waals surface area contributed by atoms with Crippen molar-refractivity contribution in [3.63, 3.8) is 0 Å². The molecule has 0 atom stereocenters. The number of carboxylic acid groups (broad SMARTS) is 1. The Labute approximate surface area is 94.3 Å². The van der Waals surface area contributed by atoms with Gasteiger partial charge >= 0.3 is 5.97 Å². The number of hydrogen-bond acceptors (Lipinski definition) is 3. The van der Waals surface area contributed by atoms with E-state index in [9.17, 15) is 4.79 Å². The molecule has 0 bridgehead atoms. The van der Waals surface area contributed by atoms with Gasteiger partial charge in [0.25, 0.3) is 0 Å². The number of hydrogen-bond donors (Lipinski definition) is 2. The molecule has 0 aromatic carbocycles. The van der Waals surface area contributed by atoms with Gasteiger partial charge < -0.3 is 15.0 Å². The Balaban J connectivity index is 2.55. The third kappa shape index (κ3) is 2.84. The number of carboxylic acids is 1. The number of nitrogens with one attached hydrogen (secondary N) is 1. The number of nitrogens with zero attached hydrogens (tertiary/aromatic N) is 2. The van der Waals surface area contributed by atoms with Crippen LogP contribution in [0.3, 0.4) is 0 Å². The molecule has 1 rings (SSSR count). The third-order valence-corrected chi connectivity index (χ3v) is 2.59. The molecule has 0 radical (unpaired) electrons. The molecule has 0 fully saturated rings. The summed E-state index contributed by atoms with van der Waals surface area (Å²) in [6.07, 6.45) is 0.108. The maximum atomic E-state index is 10.3. The van der Waals surface area contributed by atoms with Crippen LogP contribution in [0.1, 0.15) is 23.4 Å².